The minimum atomic E-state index is 0. The van der Waals surface area contributed by atoms with Crippen LogP contribution in [0.1, 0.15) is 120 Å². The molecule has 0 aromatic heterocycles. The summed E-state index contributed by atoms with van der Waals surface area (Å²) in [6, 6.07) is 0.851. The zero-order valence-corrected chi connectivity index (χ0v) is 32.3. The fourth-order valence-electron chi connectivity index (χ4n) is 8.53. The van der Waals surface area contributed by atoms with Crippen molar-refractivity contribution >= 4 is 11.8 Å². The molecule has 2 amide bonds. The van der Waals surface area contributed by atoms with Crippen molar-refractivity contribution in [3.8, 4) is 0 Å². The molecule has 0 spiro atoms. The summed E-state index contributed by atoms with van der Waals surface area (Å²) in [5.41, 5.74) is 0.848. The van der Waals surface area contributed by atoms with E-state index in [2.05, 4.69) is 94.2 Å². The number of nitrogens with one attached hydrogen (secondary N) is 2. The number of hydrogen-bond donors (Lipinski definition) is 2. The molecule has 0 aromatic rings. The molecule has 0 saturated heterocycles. The summed E-state index contributed by atoms with van der Waals surface area (Å²) in [7, 11) is 8.72. The maximum Gasteiger partial charge on any atom is 0.275 e. The van der Waals surface area contributed by atoms with Crippen LogP contribution < -0.4 is 35.4 Å². The molecule has 6 nitrogen and oxygen atoms in total. The minimum absolute atomic E-state index is 0. The summed E-state index contributed by atoms with van der Waals surface area (Å²) < 4.78 is 1.39. The number of halogens is 2. The fourth-order valence-corrected chi connectivity index (χ4v) is 8.53. The van der Waals surface area contributed by atoms with Crippen molar-refractivity contribution < 1.29 is 43.4 Å². The van der Waals surface area contributed by atoms with E-state index >= 15 is 0 Å². The Morgan fingerprint density at radius 1 is 0.682 bits per heavy atom. The number of amides is 2. The molecule has 0 radical (unpaired) electrons. The van der Waals surface area contributed by atoms with Crippen molar-refractivity contribution in [2.45, 2.75) is 132 Å². The van der Waals surface area contributed by atoms with Crippen molar-refractivity contribution in [3.05, 3.63) is 0 Å². The zero-order valence-electron chi connectivity index (χ0n) is 30.8. The van der Waals surface area contributed by atoms with Gasteiger partial charge in [-0.3, -0.25) is 9.59 Å². The first kappa shape index (κ1) is 43.4. The summed E-state index contributed by atoms with van der Waals surface area (Å²) in [5, 5.41) is 6.11. The highest BCUT2D eigenvalue weighted by molar-refractivity contribution is 5.78. The van der Waals surface area contributed by atoms with Gasteiger partial charge in [-0.2, -0.15) is 0 Å². The highest BCUT2D eigenvalue weighted by Gasteiger charge is 2.39. The topological polar surface area (TPSA) is 58.2 Å². The van der Waals surface area contributed by atoms with Crippen molar-refractivity contribution in [1.82, 2.24) is 10.6 Å². The molecular weight excluding hydrogens is 591 g/mol. The van der Waals surface area contributed by atoms with Crippen LogP contribution in [0.3, 0.4) is 0 Å². The minimum Gasteiger partial charge on any atom is -1.00 e. The van der Waals surface area contributed by atoms with E-state index in [1.165, 1.54) is 51.4 Å². The molecule has 6 atom stereocenters. The van der Waals surface area contributed by atoms with E-state index < -0.39 is 0 Å². The molecule has 2 N–H and O–H groups in total. The van der Waals surface area contributed by atoms with Gasteiger partial charge < -0.3 is 44.4 Å². The summed E-state index contributed by atoms with van der Waals surface area (Å²) in [6.45, 7) is 21.1. The summed E-state index contributed by atoms with van der Waals surface area (Å²) in [6.07, 6.45) is 12.9. The van der Waals surface area contributed by atoms with Crippen LogP contribution in [-0.4, -0.2) is 87.2 Å². The SMILES string of the molecule is CC1CCCC(C)(C)C1CCC(C)[N+](C)(C)CC(=O)NCCNC(=O)C[N+](C)(C)C(C)CCC1C(C)CCCC1(C)C.[Cl-].[Cl-]. The third-order valence-corrected chi connectivity index (χ3v) is 12.4. The molecule has 0 aromatic carbocycles. The molecule has 262 valence electrons. The number of carbonyl (C=O) groups excluding carboxylic acids is 2. The predicted octanol–water partition coefficient (Wildman–Crippen LogP) is 0.642. The van der Waals surface area contributed by atoms with Crippen LogP contribution >= 0.6 is 0 Å². The fraction of sp³-hybridized carbons (Fsp3) is 0.944. The molecule has 2 fully saturated rings. The van der Waals surface area contributed by atoms with Crippen molar-refractivity contribution in [2.75, 3.05) is 54.4 Å². The lowest BCUT2D eigenvalue weighted by Gasteiger charge is -2.44. The van der Waals surface area contributed by atoms with E-state index in [1.54, 1.807) is 0 Å². The van der Waals surface area contributed by atoms with Crippen molar-refractivity contribution in [2.24, 2.45) is 34.5 Å². The second-order valence-electron chi connectivity index (χ2n) is 17.4. The normalized spacial score (nSPS) is 26.4. The highest BCUT2D eigenvalue weighted by atomic mass is 35.5. The van der Waals surface area contributed by atoms with Gasteiger partial charge in [0, 0.05) is 13.1 Å². The van der Waals surface area contributed by atoms with Gasteiger partial charge >= 0.3 is 0 Å². The number of rotatable bonds is 15. The van der Waals surface area contributed by atoms with Gasteiger partial charge in [0.2, 0.25) is 0 Å². The monoisotopic (exact) mass is 663 g/mol. The van der Waals surface area contributed by atoms with Crippen molar-refractivity contribution in [3.63, 3.8) is 0 Å². The summed E-state index contributed by atoms with van der Waals surface area (Å²) >= 11 is 0. The lowest BCUT2D eigenvalue weighted by molar-refractivity contribution is -0.906. The molecule has 0 aliphatic heterocycles. The summed E-state index contributed by atoms with van der Waals surface area (Å²) in [5.74, 6) is 3.26. The van der Waals surface area contributed by atoms with Crippen LogP contribution in [-0.2, 0) is 9.59 Å². The Labute approximate surface area is 285 Å². The van der Waals surface area contributed by atoms with E-state index in [0.717, 1.165) is 36.5 Å². The highest BCUT2D eigenvalue weighted by Crippen LogP contribution is 2.47. The van der Waals surface area contributed by atoms with Crippen molar-refractivity contribution in [1.29, 1.82) is 0 Å². The molecule has 0 bridgehead atoms. The van der Waals surface area contributed by atoms with Crippen LogP contribution in [0.15, 0.2) is 0 Å². The first-order chi connectivity index (χ1) is 19.3. The second kappa shape index (κ2) is 18.1. The molecule has 8 heteroatoms. The number of quaternary nitrogens is 2. The molecule has 2 aliphatic rings. The molecule has 0 heterocycles. The van der Waals surface area contributed by atoms with Gasteiger partial charge in [0.25, 0.3) is 11.8 Å². The third kappa shape index (κ3) is 12.9. The van der Waals surface area contributed by atoms with Gasteiger partial charge in [-0.05, 0) is 86.9 Å². The standard InChI is InChI=1S/C36H70N4O2.2ClH/c1-27-15-13-21-35(5,6)31(27)19-17-29(3)39(9,10)25-33(41)37-23-24-38-34(42)26-40(11,12)30(4)18-20-32-28(2)16-14-22-36(32,7)8;;/h27-32H,13-26H2,1-12H3;2*1H. The lowest BCUT2D eigenvalue weighted by Crippen LogP contribution is -3.00. The molecule has 2 saturated carbocycles. The Morgan fingerprint density at radius 3 is 1.30 bits per heavy atom. The van der Waals surface area contributed by atoms with Crippen LogP contribution in [0.5, 0.6) is 0 Å². The first-order valence-electron chi connectivity index (χ1n) is 17.5. The smallest absolute Gasteiger partial charge is 0.275 e. The maximum atomic E-state index is 12.8. The van der Waals surface area contributed by atoms with Gasteiger partial charge in [0.05, 0.1) is 40.3 Å². The zero-order chi connectivity index (χ0) is 31.9. The molecule has 2 rings (SSSR count). The quantitative estimate of drug-likeness (QED) is 0.200. The number of hydrogen-bond acceptors (Lipinski definition) is 2. The Hall–Kier alpha value is -0.560. The number of carbonyl (C=O) groups is 2. The van der Waals surface area contributed by atoms with Gasteiger partial charge in [0.1, 0.15) is 0 Å². The van der Waals surface area contributed by atoms with Crippen LogP contribution in [0.4, 0.5) is 0 Å². The largest absolute Gasteiger partial charge is 1.00 e. The van der Waals surface area contributed by atoms with E-state index in [1.807, 2.05) is 0 Å². The Bertz CT molecular complexity index is 806. The molecule has 44 heavy (non-hydrogen) atoms. The maximum absolute atomic E-state index is 12.8. The summed E-state index contributed by atoms with van der Waals surface area (Å²) in [4.78, 5) is 25.6. The third-order valence-electron chi connectivity index (χ3n) is 12.4. The molecule has 6 unspecified atom stereocenters. The van der Waals surface area contributed by atoms with E-state index in [0.29, 0.717) is 58.1 Å². The Kier molecular flexibility index (Phi) is 17.9. The van der Waals surface area contributed by atoms with E-state index in [-0.39, 0.29) is 36.6 Å². The second-order valence-corrected chi connectivity index (χ2v) is 17.4. The number of likely N-dealkylation sites (N-methyl/N-ethyl adjacent to an activating group) is 2. The van der Waals surface area contributed by atoms with E-state index in [4.69, 9.17) is 0 Å². The van der Waals surface area contributed by atoms with E-state index in [9.17, 15) is 9.59 Å². The van der Waals surface area contributed by atoms with Crippen LogP contribution in [0.2, 0.25) is 0 Å². The number of nitrogens with zero attached hydrogens (tertiary/aromatic N) is 2. The predicted molar refractivity (Wildman–Crippen MR) is 178 cm³/mol. The first-order valence-corrected chi connectivity index (χ1v) is 17.5. The van der Waals surface area contributed by atoms with Crippen LogP contribution in [0, 0.1) is 34.5 Å². The Morgan fingerprint density at radius 2 is 1.00 bits per heavy atom. The molecule has 2 aliphatic carbocycles. The average Bonchev–Trinajstić information content (AvgIpc) is 2.84. The van der Waals surface area contributed by atoms with Gasteiger partial charge in [-0.15, -0.1) is 0 Å². The Balaban J connectivity index is 0.00000924. The van der Waals surface area contributed by atoms with Crippen LogP contribution in [0.25, 0.3) is 0 Å². The average molecular weight is 664 g/mol. The van der Waals surface area contributed by atoms with Gasteiger partial charge in [-0.25, -0.2) is 0 Å². The van der Waals surface area contributed by atoms with Gasteiger partial charge in [0.15, 0.2) is 13.1 Å². The van der Waals surface area contributed by atoms with Gasteiger partial charge in [-0.1, -0.05) is 67.2 Å². The lowest BCUT2D eigenvalue weighted by atomic mass is 9.62. The molecular formula is C36H72Cl2N4O2.